The number of imidazole rings is 1. The molecule has 0 unspecified atom stereocenters. The normalized spacial score (nSPS) is 12.1. The summed E-state index contributed by atoms with van der Waals surface area (Å²) in [6, 6.07) is 7.90. The molecule has 2 aromatic heterocycles. The number of nitrogens with two attached hydrogens (primary N) is 1. The first-order chi connectivity index (χ1) is 10.4. The molecular formula is C17H20N4O. The maximum Gasteiger partial charge on any atom is 0.152 e. The number of benzene rings is 1. The third-order valence-electron chi connectivity index (χ3n) is 3.81. The van der Waals surface area contributed by atoms with Gasteiger partial charge < -0.3 is 15.1 Å². The van der Waals surface area contributed by atoms with Crippen LogP contribution < -0.4 is 5.73 Å². The van der Waals surface area contributed by atoms with E-state index >= 15 is 0 Å². The third kappa shape index (κ3) is 2.54. The van der Waals surface area contributed by atoms with Crippen molar-refractivity contribution in [1.29, 1.82) is 0 Å². The highest BCUT2D eigenvalue weighted by atomic mass is 16.1. The van der Waals surface area contributed by atoms with Crippen LogP contribution >= 0.6 is 0 Å². The Labute approximate surface area is 129 Å². The summed E-state index contributed by atoms with van der Waals surface area (Å²) in [6.45, 7) is 6.52. The van der Waals surface area contributed by atoms with Gasteiger partial charge in [0.1, 0.15) is 11.3 Å². The number of aromatic nitrogens is 3. The quantitative estimate of drug-likeness (QED) is 0.802. The van der Waals surface area contributed by atoms with E-state index in [2.05, 4.69) is 28.4 Å². The Kier molecular flexibility index (Phi) is 3.35. The first-order valence-electron chi connectivity index (χ1n) is 7.36. The molecule has 5 nitrogen and oxygen atoms in total. The van der Waals surface area contributed by atoms with Crippen molar-refractivity contribution in [3.63, 3.8) is 0 Å². The van der Waals surface area contributed by atoms with Gasteiger partial charge in [0.05, 0.1) is 17.4 Å². The van der Waals surface area contributed by atoms with E-state index in [0.29, 0.717) is 18.8 Å². The Morgan fingerprint density at radius 3 is 2.77 bits per heavy atom. The smallest absolute Gasteiger partial charge is 0.152 e. The lowest BCUT2D eigenvalue weighted by molar-refractivity contribution is -0.119. The van der Waals surface area contributed by atoms with E-state index in [1.807, 2.05) is 24.3 Å². The fourth-order valence-electron chi connectivity index (χ4n) is 3.12. The molecule has 0 atom stereocenters. The number of fused-ring (bicyclic) bond motifs is 3. The summed E-state index contributed by atoms with van der Waals surface area (Å²) < 4.78 is 2.08. The first kappa shape index (κ1) is 14.5. The zero-order chi connectivity index (χ0) is 15.9. The lowest BCUT2D eigenvalue weighted by atomic mass is 9.87. The maximum atomic E-state index is 11.5. The van der Waals surface area contributed by atoms with E-state index in [0.717, 1.165) is 21.9 Å². The molecule has 0 bridgehead atoms. The minimum absolute atomic E-state index is 0.140. The van der Waals surface area contributed by atoms with Gasteiger partial charge >= 0.3 is 0 Å². The Morgan fingerprint density at radius 1 is 1.32 bits per heavy atom. The second kappa shape index (κ2) is 5.09. The monoisotopic (exact) mass is 296 g/mol. The van der Waals surface area contributed by atoms with Gasteiger partial charge in [0.25, 0.3) is 0 Å². The molecule has 3 aromatic rings. The van der Waals surface area contributed by atoms with Gasteiger partial charge in [0, 0.05) is 18.4 Å². The van der Waals surface area contributed by atoms with Crippen molar-refractivity contribution < 1.29 is 4.79 Å². The molecule has 114 valence electrons. The summed E-state index contributed by atoms with van der Waals surface area (Å²) in [6.07, 6.45) is 2.32. The molecule has 0 aliphatic heterocycles. The molecular weight excluding hydrogens is 276 g/mol. The average molecular weight is 296 g/mol. The van der Waals surface area contributed by atoms with Crippen molar-refractivity contribution >= 4 is 33.5 Å². The minimum Gasteiger partial charge on any atom is -0.382 e. The van der Waals surface area contributed by atoms with Gasteiger partial charge in [-0.3, -0.25) is 0 Å². The van der Waals surface area contributed by atoms with Crippen LogP contribution in [0.2, 0.25) is 0 Å². The number of hydrogen-bond acceptors (Lipinski definition) is 4. The van der Waals surface area contributed by atoms with E-state index in [4.69, 9.17) is 5.73 Å². The van der Waals surface area contributed by atoms with Crippen LogP contribution in [0.4, 0.5) is 5.82 Å². The van der Waals surface area contributed by atoms with Crippen molar-refractivity contribution in [3.8, 4) is 0 Å². The van der Waals surface area contributed by atoms with Gasteiger partial charge in [0.15, 0.2) is 5.82 Å². The van der Waals surface area contributed by atoms with Gasteiger partial charge in [-0.2, -0.15) is 0 Å². The average Bonchev–Trinajstić information content (AvgIpc) is 2.81. The van der Waals surface area contributed by atoms with Crippen LogP contribution in [0.15, 0.2) is 30.6 Å². The van der Waals surface area contributed by atoms with Gasteiger partial charge in [-0.15, -0.1) is 0 Å². The molecule has 0 aliphatic rings. The van der Waals surface area contributed by atoms with E-state index in [1.165, 1.54) is 0 Å². The highest BCUT2D eigenvalue weighted by Gasteiger charge is 2.23. The van der Waals surface area contributed by atoms with Crippen LogP contribution in [-0.4, -0.2) is 20.3 Å². The van der Waals surface area contributed by atoms with E-state index in [-0.39, 0.29) is 11.2 Å². The second-order valence-electron chi connectivity index (χ2n) is 6.63. The van der Waals surface area contributed by atoms with Crippen molar-refractivity contribution in [2.75, 3.05) is 5.73 Å². The van der Waals surface area contributed by atoms with E-state index in [9.17, 15) is 4.79 Å². The van der Waals surface area contributed by atoms with Gasteiger partial charge in [0.2, 0.25) is 0 Å². The van der Waals surface area contributed by atoms with E-state index in [1.54, 1.807) is 13.3 Å². The van der Waals surface area contributed by atoms with Crippen LogP contribution in [0.1, 0.15) is 27.2 Å². The van der Waals surface area contributed by atoms with Crippen LogP contribution in [0.25, 0.3) is 21.9 Å². The number of pyridine rings is 1. The summed E-state index contributed by atoms with van der Waals surface area (Å²) in [7, 11) is 0. The zero-order valence-corrected chi connectivity index (χ0v) is 13.1. The fraction of sp³-hybridized carbons (Fsp3) is 0.353. The SMILES string of the molecule is CC(=O)CC(C)(C)Cn1cnc2c(N)nc3ccccc3c21. The number of hydrogen-bond donors (Lipinski definition) is 1. The number of carbonyl (C=O) groups is 1. The zero-order valence-electron chi connectivity index (χ0n) is 13.1. The number of Topliss-reactive ketones (excluding diaryl/α,β-unsaturated/α-hetero) is 1. The summed E-state index contributed by atoms with van der Waals surface area (Å²) >= 11 is 0. The Bertz CT molecular complexity index is 864. The summed E-state index contributed by atoms with van der Waals surface area (Å²) in [4.78, 5) is 20.3. The molecule has 0 fully saturated rings. The number of rotatable bonds is 4. The topological polar surface area (TPSA) is 73.8 Å². The Hall–Kier alpha value is -2.43. The van der Waals surface area contributed by atoms with Crippen LogP contribution in [0.5, 0.6) is 0 Å². The Balaban J connectivity index is 2.17. The number of anilines is 1. The molecule has 0 saturated heterocycles. The number of carbonyl (C=O) groups excluding carboxylic acids is 1. The van der Waals surface area contributed by atoms with E-state index < -0.39 is 0 Å². The molecule has 0 spiro atoms. The highest BCUT2D eigenvalue weighted by molar-refractivity contribution is 6.06. The largest absolute Gasteiger partial charge is 0.382 e. The van der Waals surface area contributed by atoms with Crippen LogP contribution in [0, 0.1) is 5.41 Å². The van der Waals surface area contributed by atoms with Crippen molar-refractivity contribution in [2.45, 2.75) is 33.7 Å². The van der Waals surface area contributed by atoms with Crippen molar-refractivity contribution in [1.82, 2.24) is 14.5 Å². The molecule has 22 heavy (non-hydrogen) atoms. The van der Waals surface area contributed by atoms with Crippen LogP contribution in [0.3, 0.4) is 0 Å². The number of nitrogens with zero attached hydrogens (tertiary/aromatic N) is 3. The summed E-state index contributed by atoms with van der Waals surface area (Å²) in [5.41, 5.74) is 8.46. The lowest BCUT2D eigenvalue weighted by Gasteiger charge is -2.24. The first-order valence-corrected chi connectivity index (χ1v) is 7.36. The molecule has 0 aliphatic carbocycles. The molecule has 2 heterocycles. The highest BCUT2D eigenvalue weighted by Crippen LogP contribution is 2.30. The third-order valence-corrected chi connectivity index (χ3v) is 3.81. The van der Waals surface area contributed by atoms with Gasteiger partial charge in [-0.1, -0.05) is 32.0 Å². The predicted molar refractivity (Wildman–Crippen MR) is 88.5 cm³/mol. The second-order valence-corrected chi connectivity index (χ2v) is 6.63. The van der Waals surface area contributed by atoms with Gasteiger partial charge in [-0.05, 0) is 18.4 Å². The summed E-state index contributed by atoms with van der Waals surface area (Å²) in [5.74, 6) is 0.636. The molecule has 0 amide bonds. The molecule has 0 saturated carbocycles. The minimum atomic E-state index is -0.140. The Morgan fingerprint density at radius 2 is 2.05 bits per heavy atom. The molecule has 2 N–H and O–H groups in total. The summed E-state index contributed by atoms with van der Waals surface area (Å²) in [5, 5.41) is 1.03. The molecule has 1 aromatic carbocycles. The van der Waals surface area contributed by atoms with Crippen LogP contribution in [-0.2, 0) is 11.3 Å². The number of ketones is 1. The molecule has 0 radical (unpaired) electrons. The number of para-hydroxylation sites is 1. The molecule has 5 heteroatoms. The fourth-order valence-corrected chi connectivity index (χ4v) is 3.12. The molecule has 3 rings (SSSR count). The number of nitrogen functional groups attached to an aromatic ring is 1. The van der Waals surface area contributed by atoms with Gasteiger partial charge in [-0.25, -0.2) is 9.97 Å². The lowest BCUT2D eigenvalue weighted by Crippen LogP contribution is -2.22. The van der Waals surface area contributed by atoms with Crippen molar-refractivity contribution in [3.05, 3.63) is 30.6 Å². The maximum absolute atomic E-state index is 11.5. The van der Waals surface area contributed by atoms with Crippen molar-refractivity contribution in [2.24, 2.45) is 5.41 Å². The predicted octanol–water partition coefficient (Wildman–Crippen LogP) is 3.17. The standard InChI is InChI=1S/C17H20N4O/c1-11(22)8-17(2,3)9-21-10-19-14-15(21)12-6-4-5-7-13(12)20-16(14)18/h4-7,10H,8-9H2,1-3H3,(H2,18,20).